The van der Waals surface area contributed by atoms with Crippen LogP contribution in [-0.2, 0) is 9.53 Å². The van der Waals surface area contributed by atoms with Gasteiger partial charge in [0.2, 0.25) is 5.91 Å². The first-order chi connectivity index (χ1) is 10.6. The fraction of sp³-hybridized carbons (Fsp3) is 0.875. The molecule has 1 N–H and O–H groups in total. The lowest BCUT2D eigenvalue weighted by molar-refractivity contribution is -0.131. The Balaban J connectivity index is 2.39. The lowest BCUT2D eigenvalue weighted by Gasteiger charge is -2.25. The van der Waals surface area contributed by atoms with Crippen molar-refractivity contribution in [2.75, 3.05) is 53.0 Å². The van der Waals surface area contributed by atoms with Crippen molar-refractivity contribution < 1.29 is 9.53 Å². The lowest BCUT2D eigenvalue weighted by atomic mass is 10.4. The van der Waals surface area contributed by atoms with Crippen LogP contribution in [0.4, 0.5) is 0 Å². The van der Waals surface area contributed by atoms with Crippen LogP contribution in [0.15, 0.2) is 4.99 Å². The van der Waals surface area contributed by atoms with Crippen molar-refractivity contribution in [2.45, 2.75) is 33.6 Å². The third kappa shape index (κ3) is 7.11. The molecular weight excluding hydrogens is 280 g/mol. The predicted octanol–water partition coefficient (Wildman–Crippen LogP) is 1.18. The fourth-order valence-corrected chi connectivity index (χ4v) is 2.17. The van der Waals surface area contributed by atoms with Gasteiger partial charge in [0.1, 0.15) is 0 Å². The quantitative estimate of drug-likeness (QED) is 0.374. The average Bonchev–Trinajstić information content (AvgIpc) is 3.31. The molecule has 1 fully saturated rings. The summed E-state index contributed by atoms with van der Waals surface area (Å²) >= 11 is 0. The van der Waals surface area contributed by atoms with E-state index in [2.05, 4.69) is 10.3 Å². The molecule has 0 heterocycles. The van der Waals surface area contributed by atoms with E-state index in [1.165, 1.54) is 12.8 Å². The Bertz CT molecular complexity index is 352. The van der Waals surface area contributed by atoms with Gasteiger partial charge in [-0.15, -0.1) is 0 Å². The van der Waals surface area contributed by atoms with E-state index in [9.17, 15) is 4.79 Å². The normalized spacial score (nSPS) is 14.8. The second kappa shape index (κ2) is 10.4. The van der Waals surface area contributed by atoms with Crippen LogP contribution in [-0.4, -0.2) is 74.7 Å². The molecular formula is C16H32N4O2. The number of carbonyl (C=O) groups is 1. The van der Waals surface area contributed by atoms with Gasteiger partial charge in [-0.3, -0.25) is 9.79 Å². The summed E-state index contributed by atoms with van der Waals surface area (Å²) in [5.41, 5.74) is 0. The van der Waals surface area contributed by atoms with Gasteiger partial charge in [-0.2, -0.15) is 0 Å². The van der Waals surface area contributed by atoms with E-state index >= 15 is 0 Å². The summed E-state index contributed by atoms with van der Waals surface area (Å²) in [6, 6.07) is 0. The van der Waals surface area contributed by atoms with Crippen LogP contribution in [0.3, 0.4) is 0 Å². The van der Waals surface area contributed by atoms with E-state index in [1.807, 2.05) is 37.6 Å². The highest BCUT2D eigenvalue weighted by molar-refractivity contribution is 5.86. The monoisotopic (exact) mass is 312 g/mol. The lowest BCUT2D eigenvalue weighted by Crippen LogP contribution is -2.45. The van der Waals surface area contributed by atoms with Gasteiger partial charge in [-0.25, -0.2) is 0 Å². The summed E-state index contributed by atoms with van der Waals surface area (Å²) in [6.07, 6.45) is 2.62. The van der Waals surface area contributed by atoms with Gasteiger partial charge >= 0.3 is 0 Å². The molecule has 6 heteroatoms. The van der Waals surface area contributed by atoms with Gasteiger partial charge in [0.05, 0.1) is 19.7 Å². The molecule has 22 heavy (non-hydrogen) atoms. The van der Waals surface area contributed by atoms with E-state index in [1.54, 1.807) is 0 Å². The first-order valence-corrected chi connectivity index (χ1v) is 8.47. The largest absolute Gasteiger partial charge is 0.379 e. The number of likely N-dealkylation sites (N-methyl/N-ethyl adjacent to an activating group) is 2. The van der Waals surface area contributed by atoms with Crippen LogP contribution in [0.25, 0.3) is 0 Å². The molecule has 1 aliphatic rings. The highest BCUT2D eigenvalue weighted by Crippen LogP contribution is 2.28. The first kappa shape index (κ1) is 18.7. The van der Waals surface area contributed by atoms with Gasteiger partial charge in [0.25, 0.3) is 0 Å². The number of amides is 1. The summed E-state index contributed by atoms with van der Waals surface area (Å²) < 4.78 is 5.59. The Morgan fingerprint density at radius 2 is 1.95 bits per heavy atom. The molecule has 0 aromatic carbocycles. The van der Waals surface area contributed by atoms with Crippen molar-refractivity contribution in [2.24, 2.45) is 10.9 Å². The Labute approximate surface area is 134 Å². The molecule has 128 valence electrons. The van der Waals surface area contributed by atoms with Crippen LogP contribution in [0, 0.1) is 5.92 Å². The van der Waals surface area contributed by atoms with Gasteiger partial charge in [0, 0.05) is 33.3 Å². The molecule has 0 unspecified atom stereocenters. The average molecular weight is 312 g/mol. The number of ether oxygens (including phenoxy) is 1. The number of aliphatic imine (C=N–C) groups is 1. The second-order valence-electron chi connectivity index (χ2n) is 5.68. The number of rotatable bonds is 10. The van der Waals surface area contributed by atoms with Crippen LogP contribution in [0.2, 0.25) is 0 Å². The molecule has 0 radical (unpaired) electrons. The third-order valence-corrected chi connectivity index (χ3v) is 3.73. The van der Waals surface area contributed by atoms with Crippen LogP contribution < -0.4 is 5.32 Å². The molecule has 0 atom stereocenters. The number of nitrogens with one attached hydrogen (secondary N) is 1. The van der Waals surface area contributed by atoms with Gasteiger partial charge in [-0.1, -0.05) is 0 Å². The number of nitrogens with zero attached hydrogens (tertiary/aromatic N) is 3. The van der Waals surface area contributed by atoms with Crippen molar-refractivity contribution >= 4 is 11.9 Å². The molecule has 0 bridgehead atoms. The van der Waals surface area contributed by atoms with Crippen molar-refractivity contribution in [3.8, 4) is 0 Å². The minimum Gasteiger partial charge on any atom is -0.379 e. The Kier molecular flexibility index (Phi) is 8.89. The Morgan fingerprint density at radius 1 is 1.27 bits per heavy atom. The zero-order valence-corrected chi connectivity index (χ0v) is 14.6. The van der Waals surface area contributed by atoms with Crippen LogP contribution >= 0.6 is 0 Å². The van der Waals surface area contributed by atoms with E-state index in [0.717, 1.165) is 38.1 Å². The molecule has 0 aromatic heterocycles. The highest BCUT2D eigenvalue weighted by atomic mass is 16.5. The SMILES string of the molecule is CCNC(=NCCOCC1CC1)N(C)CC(=O)N(CC)CC. The molecule has 0 aromatic rings. The minimum atomic E-state index is 0.128. The first-order valence-electron chi connectivity index (χ1n) is 8.47. The molecule has 0 aliphatic heterocycles. The van der Waals surface area contributed by atoms with Crippen molar-refractivity contribution in [1.82, 2.24) is 15.1 Å². The summed E-state index contributed by atoms with van der Waals surface area (Å²) in [5, 5.41) is 3.22. The predicted molar refractivity (Wildman–Crippen MR) is 90.1 cm³/mol. The molecule has 1 amide bonds. The second-order valence-corrected chi connectivity index (χ2v) is 5.68. The minimum absolute atomic E-state index is 0.128. The Morgan fingerprint density at radius 3 is 2.50 bits per heavy atom. The highest BCUT2D eigenvalue weighted by Gasteiger charge is 2.20. The summed E-state index contributed by atoms with van der Waals surface area (Å²) in [5.74, 6) is 1.67. The molecule has 1 saturated carbocycles. The maximum Gasteiger partial charge on any atom is 0.242 e. The standard InChI is InChI=1S/C16H32N4O2/c1-5-17-16(18-10-11-22-13-14-8-9-14)19(4)12-15(21)20(6-2)7-3/h14H,5-13H2,1-4H3,(H,17,18). The molecule has 1 rings (SSSR count). The number of hydrogen-bond acceptors (Lipinski definition) is 3. The van der Waals surface area contributed by atoms with Gasteiger partial charge in [0.15, 0.2) is 5.96 Å². The summed E-state index contributed by atoms with van der Waals surface area (Å²) in [6.45, 7) is 10.8. The number of hydrogen-bond donors (Lipinski definition) is 1. The van der Waals surface area contributed by atoms with Crippen LogP contribution in [0.5, 0.6) is 0 Å². The zero-order valence-electron chi connectivity index (χ0n) is 14.6. The topological polar surface area (TPSA) is 57.2 Å². The molecule has 0 saturated heterocycles. The van der Waals surface area contributed by atoms with Gasteiger partial charge < -0.3 is 19.9 Å². The summed E-state index contributed by atoms with van der Waals surface area (Å²) in [4.78, 5) is 20.4. The maximum absolute atomic E-state index is 12.2. The fourth-order valence-electron chi connectivity index (χ4n) is 2.17. The molecule has 6 nitrogen and oxygen atoms in total. The van der Waals surface area contributed by atoms with E-state index in [4.69, 9.17) is 4.74 Å². The van der Waals surface area contributed by atoms with Crippen molar-refractivity contribution in [3.05, 3.63) is 0 Å². The Hall–Kier alpha value is -1.30. The number of carbonyl (C=O) groups excluding carboxylic acids is 1. The summed E-state index contributed by atoms with van der Waals surface area (Å²) in [7, 11) is 1.90. The van der Waals surface area contributed by atoms with Crippen LogP contribution in [0.1, 0.15) is 33.6 Å². The van der Waals surface area contributed by atoms with Crippen molar-refractivity contribution in [3.63, 3.8) is 0 Å². The smallest absolute Gasteiger partial charge is 0.242 e. The van der Waals surface area contributed by atoms with Crippen molar-refractivity contribution in [1.29, 1.82) is 0 Å². The zero-order chi connectivity index (χ0) is 16.4. The maximum atomic E-state index is 12.2. The number of guanidine groups is 1. The van der Waals surface area contributed by atoms with E-state index in [-0.39, 0.29) is 5.91 Å². The molecule has 1 aliphatic carbocycles. The third-order valence-electron chi connectivity index (χ3n) is 3.73. The van der Waals surface area contributed by atoms with Gasteiger partial charge in [-0.05, 0) is 39.5 Å². The van der Waals surface area contributed by atoms with E-state index in [0.29, 0.717) is 19.7 Å². The van der Waals surface area contributed by atoms with E-state index < -0.39 is 0 Å². The molecule has 0 spiro atoms.